The standard InChI is InChI=1S/C15H21N3S/c1-2-9-16-11-7-8-12(10-11)19-15-17-13-5-3-4-6-14(13)18-15/h3-6,11-12,16H,2,7-10H2,1H3,(H,17,18). The summed E-state index contributed by atoms with van der Waals surface area (Å²) in [5.41, 5.74) is 2.22. The molecule has 1 aliphatic carbocycles. The summed E-state index contributed by atoms with van der Waals surface area (Å²) in [6.07, 6.45) is 5.08. The molecular formula is C15H21N3S. The van der Waals surface area contributed by atoms with E-state index in [0.717, 1.165) is 22.7 Å². The molecule has 1 aliphatic rings. The van der Waals surface area contributed by atoms with Crippen LogP contribution in [0.2, 0.25) is 0 Å². The van der Waals surface area contributed by atoms with Crippen LogP contribution in [0.5, 0.6) is 0 Å². The van der Waals surface area contributed by atoms with E-state index in [0.29, 0.717) is 11.3 Å². The van der Waals surface area contributed by atoms with E-state index >= 15 is 0 Å². The van der Waals surface area contributed by atoms with Gasteiger partial charge in [0.05, 0.1) is 11.0 Å². The van der Waals surface area contributed by atoms with Crippen LogP contribution in [0.1, 0.15) is 32.6 Å². The number of nitrogens with one attached hydrogen (secondary N) is 2. The van der Waals surface area contributed by atoms with Crippen molar-refractivity contribution < 1.29 is 0 Å². The molecule has 0 amide bonds. The second-order valence-corrected chi connectivity index (χ2v) is 6.55. The van der Waals surface area contributed by atoms with Crippen LogP contribution in [0.4, 0.5) is 0 Å². The summed E-state index contributed by atoms with van der Waals surface area (Å²) in [6, 6.07) is 8.96. The van der Waals surface area contributed by atoms with Gasteiger partial charge in [0.15, 0.2) is 5.16 Å². The minimum Gasteiger partial charge on any atom is -0.333 e. The van der Waals surface area contributed by atoms with E-state index in [1.165, 1.54) is 25.7 Å². The summed E-state index contributed by atoms with van der Waals surface area (Å²) in [6.45, 7) is 3.37. The summed E-state index contributed by atoms with van der Waals surface area (Å²) in [5, 5.41) is 5.40. The Morgan fingerprint density at radius 1 is 1.37 bits per heavy atom. The lowest BCUT2D eigenvalue weighted by atomic mass is 10.2. The van der Waals surface area contributed by atoms with Crippen molar-refractivity contribution in [2.75, 3.05) is 6.54 Å². The molecule has 2 aromatic rings. The number of hydrogen-bond donors (Lipinski definition) is 2. The van der Waals surface area contributed by atoms with Crippen LogP contribution in [0, 0.1) is 0 Å². The van der Waals surface area contributed by atoms with E-state index in [4.69, 9.17) is 0 Å². The fourth-order valence-electron chi connectivity index (χ4n) is 2.72. The SMILES string of the molecule is CCCNC1CCC(Sc2nc3ccccc3[nH]2)C1. The highest BCUT2D eigenvalue weighted by atomic mass is 32.2. The normalized spacial score (nSPS) is 23.2. The van der Waals surface area contributed by atoms with Gasteiger partial charge >= 0.3 is 0 Å². The van der Waals surface area contributed by atoms with Gasteiger partial charge in [-0.2, -0.15) is 0 Å². The number of aromatic nitrogens is 2. The highest BCUT2D eigenvalue weighted by molar-refractivity contribution is 7.99. The number of hydrogen-bond acceptors (Lipinski definition) is 3. The first-order chi connectivity index (χ1) is 9.35. The van der Waals surface area contributed by atoms with Crippen molar-refractivity contribution in [1.29, 1.82) is 0 Å². The van der Waals surface area contributed by atoms with Crippen molar-refractivity contribution in [2.45, 2.75) is 49.1 Å². The smallest absolute Gasteiger partial charge is 0.166 e. The van der Waals surface area contributed by atoms with Crippen LogP contribution in [0.3, 0.4) is 0 Å². The molecule has 3 rings (SSSR count). The lowest BCUT2D eigenvalue weighted by Crippen LogP contribution is -2.27. The van der Waals surface area contributed by atoms with Crippen molar-refractivity contribution in [3.63, 3.8) is 0 Å². The maximum Gasteiger partial charge on any atom is 0.166 e. The molecule has 1 heterocycles. The molecule has 1 fully saturated rings. The molecule has 0 bridgehead atoms. The molecule has 0 aliphatic heterocycles. The van der Waals surface area contributed by atoms with Gasteiger partial charge in [0.2, 0.25) is 0 Å². The number of para-hydroxylation sites is 2. The molecule has 0 radical (unpaired) electrons. The molecule has 0 saturated heterocycles. The van der Waals surface area contributed by atoms with Crippen LogP contribution in [0.25, 0.3) is 11.0 Å². The number of thioether (sulfide) groups is 1. The second kappa shape index (κ2) is 5.97. The number of fused-ring (bicyclic) bond motifs is 1. The number of imidazole rings is 1. The van der Waals surface area contributed by atoms with Crippen molar-refractivity contribution in [1.82, 2.24) is 15.3 Å². The van der Waals surface area contributed by atoms with Gasteiger partial charge in [0, 0.05) is 11.3 Å². The first kappa shape index (κ1) is 13.0. The van der Waals surface area contributed by atoms with Gasteiger partial charge in [-0.3, -0.25) is 0 Å². The second-order valence-electron chi connectivity index (χ2n) is 5.26. The van der Waals surface area contributed by atoms with Crippen molar-refractivity contribution >= 4 is 22.8 Å². The Balaban J connectivity index is 1.59. The minimum atomic E-state index is 0.704. The molecule has 102 valence electrons. The number of aromatic amines is 1. The molecule has 19 heavy (non-hydrogen) atoms. The van der Waals surface area contributed by atoms with Gasteiger partial charge in [-0.15, -0.1) is 0 Å². The molecule has 2 atom stereocenters. The van der Waals surface area contributed by atoms with Crippen LogP contribution < -0.4 is 5.32 Å². The van der Waals surface area contributed by atoms with E-state index in [1.54, 1.807) is 0 Å². The van der Waals surface area contributed by atoms with Crippen molar-refractivity contribution in [3.8, 4) is 0 Å². The Labute approximate surface area is 118 Å². The van der Waals surface area contributed by atoms with Crippen LogP contribution >= 0.6 is 11.8 Å². The molecule has 1 aromatic carbocycles. The van der Waals surface area contributed by atoms with Gasteiger partial charge in [0.1, 0.15) is 0 Å². The van der Waals surface area contributed by atoms with Crippen LogP contribution in [-0.4, -0.2) is 27.8 Å². The van der Waals surface area contributed by atoms with Gasteiger partial charge < -0.3 is 10.3 Å². The lowest BCUT2D eigenvalue weighted by Gasteiger charge is -2.11. The maximum absolute atomic E-state index is 4.65. The van der Waals surface area contributed by atoms with Gasteiger partial charge in [-0.1, -0.05) is 30.8 Å². The summed E-state index contributed by atoms with van der Waals surface area (Å²) in [5.74, 6) is 0. The monoisotopic (exact) mass is 275 g/mol. The highest BCUT2D eigenvalue weighted by Crippen LogP contribution is 2.34. The third-order valence-electron chi connectivity index (χ3n) is 3.71. The van der Waals surface area contributed by atoms with Crippen molar-refractivity contribution in [3.05, 3.63) is 24.3 Å². The first-order valence-corrected chi connectivity index (χ1v) is 8.08. The zero-order chi connectivity index (χ0) is 13.1. The molecule has 1 saturated carbocycles. The molecular weight excluding hydrogens is 254 g/mol. The lowest BCUT2D eigenvalue weighted by molar-refractivity contribution is 0.524. The summed E-state index contributed by atoms with van der Waals surface area (Å²) in [4.78, 5) is 8.06. The number of rotatable bonds is 5. The largest absolute Gasteiger partial charge is 0.333 e. The number of nitrogens with zero attached hydrogens (tertiary/aromatic N) is 1. The van der Waals surface area contributed by atoms with E-state index in [9.17, 15) is 0 Å². The Morgan fingerprint density at radius 2 is 2.26 bits per heavy atom. The zero-order valence-electron chi connectivity index (χ0n) is 11.4. The van der Waals surface area contributed by atoms with Crippen molar-refractivity contribution in [2.24, 2.45) is 0 Å². The van der Waals surface area contributed by atoms with Gasteiger partial charge in [-0.25, -0.2) is 4.98 Å². The number of H-pyrrole nitrogens is 1. The van der Waals surface area contributed by atoms with E-state index in [2.05, 4.69) is 40.4 Å². The van der Waals surface area contributed by atoms with E-state index in [-0.39, 0.29) is 0 Å². The maximum atomic E-state index is 4.65. The summed E-state index contributed by atoms with van der Waals surface area (Å²) >= 11 is 1.91. The average Bonchev–Trinajstić information content (AvgIpc) is 3.02. The van der Waals surface area contributed by atoms with E-state index in [1.807, 2.05) is 17.8 Å². The summed E-state index contributed by atoms with van der Waals surface area (Å²) in [7, 11) is 0. The minimum absolute atomic E-state index is 0.704. The Bertz CT molecular complexity index is 504. The molecule has 4 heteroatoms. The van der Waals surface area contributed by atoms with E-state index < -0.39 is 0 Å². The Morgan fingerprint density at radius 3 is 3.11 bits per heavy atom. The molecule has 3 nitrogen and oxygen atoms in total. The fraction of sp³-hybridized carbons (Fsp3) is 0.533. The quantitative estimate of drug-likeness (QED) is 0.876. The Hall–Kier alpha value is -1.00. The third kappa shape index (κ3) is 3.12. The highest BCUT2D eigenvalue weighted by Gasteiger charge is 2.25. The van der Waals surface area contributed by atoms with Gasteiger partial charge in [-0.05, 0) is 44.4 Å². The van der Waals surface area contributed by atoms with Crippen LogP contribution in [0.15, 0.2) is 29.4 Å². The predicted octanol–water partition coefficient (Wildman–Crippen LogP) is 3.58. The third-order valence-corrected chi connectivity index (χ3v) is 4.89. The average molecular weight is 275 g/mol. The van der Waals surface area contributed by atoms with Gasteiger partial charge in [0.25, 0.3) is 0 Å². The zero-order valence-corrected chi connectivity index (χ0v) is 12.2. The molecule has 1 aromatic heterocycles. The number of benzene rings is 1. The summed E-state index contributed by atoms with van der Waals surface area (Å²) < 4.78 is 0. The fourth-order valence-corrected chi connectivity index (χ4v) is 3.94. The first-order valence-electron chi connectivity index (χ1n) is 7.20. The predicted molar refractivity (Wildman–Crippen MR) is 81.7 cm³/mol. The molecule has 0 spiro atoms. The Kier molecular flexibility index (Phi) is 4.09. The molecule has 2 N–H and O–H groups in total. The van der Waals surface area contributed by atoms with Crippen LogP contribution in [-0.2, 0) is 0 Å². The molecule has 2 unspecified atom stereocenters. The topological polar surface area (TPSA) is 40.7 Å².